The molecule has 6 heteroatoms. The van der Waals surface area contributed by atoms with Crippen molar-refractivity contribution in [3.05, 3.63) is 29.1 Å². The van der Waals surface area contributed by atoms with E-state index in [2.05, 4.69) is 4.72 Å². The Morgan fingerprint density at radius 1 is 1.45 bits per heavy atom. The minimum absolute atomic E-state index is 0.000571. The second-order valence-electron chi connectivity index (χ2n) is 5.54. The second-order valence-corrected chi connectivity index (χ2v) is 7.30. The minimum Gasteiger partial charge on any atom is -0.392 e. The molecule has 1 atom stereocenters. The summed E-state index contributed by atoms with van der Waals surface area (Å²) in [6.45, 7) is 3.38. The van der Waals surface area contributed by atoms with Gasteiger partial charge in [-0.25, -0.2) is 17.5 Å². The molecule has 0 radical (unpaired) electrons. The van der Waals surface area contributed by atoms with Crippen molar-refractivity contribution < 1.29 is 17.9 Å². The second kappa shape index (κ2) is 5.79. The van der Waals surface area contributed by atoms with Gasteiger partial charge in [0.2, 0.25) is 10.0 Å². The van der Waals surface area contributed by atoms with Gasteiger partial charge in [0.15, 0.2) is 0 Å². The van der Waals surface area contributed by atoms with Gasteiger partial charge in [-0.2, -0.15) is 0 Å². The third-order valence-electron chi connectivity index (χ3n) is 3.81. The van der Waals surface area contributed by atoms with Gasteiger partial charge in [-0.05, 0) is 49.3 Å². The molecule has 0 heterocycles. The third-order valence-corrected chi connectivity index (χ3v) is 5.21. The number of sulfonamides is 1. The highest BCUT2D eigenvalue weighted by Crippen LogP contribution is 2.36. The Morgan fingerprint density at radius 2 is 2.10 bits per heavy atom. The number of aryl methyl sites for hydroxylation is 1. The molecule has 0 saturated heterocycles. The lowest BCUT2D eigenvalue weighted by atomic mass is 10.1. The topological polar surface area (TPSA) is 66.4 Å². The minimum atomic E-state index is -3.66. The predicted octanol–water partition coefficient (Wildman–Crippen LogP) is 1.95. The maximum Gasteiger partial charge on any atom is 0.240 e. The van der Waals surface area contributed by atoms with Gasteiger partial charge in [0.05, 0.1) is 11.5 Å². The van der Waals surface area contributed by atoms with E-state index in [1.807, 2.05) is 6.92 Å². The average Bonchev–Trinajstić information content (AvgIpc) is 3.23. The van der Waals surface area contributed by atoms with Gasteiger partial charge in [0.1, 0.15) is 5.82 Å². The van der Waals surface area contributed by atoms with E-state index in [1.165, 1.54) is 19.1 Å². The van der Waals surface area contributed by atoms with Gasteiger partial charge in [0, 0.05) is 12.1 Å². The average molecular weight is 301 g/mol. The summed E-state index contributed by atoms with van der Waals surface area (Å²) in [7, 11) is -3.66. The lowest BCUT2D eigenvalue weighted by Crippen LogP contribution is -2.29. The lowest BCUT2D eigenvalue weighted by molar-refractivity contribution is 0.275. The molecule has 1 aliphatic carbocycles. The van der Waals surface area contributed by atoms with Crippen molar-refractivity contribution in [2.45, 2.75) is 38.2 Å². The molecule has 0 spiro atoms. The van der Waals surface area contributed by atoms with Crippen LogP contribution in [-0.4, -0.2) is 20.1 Å². The van der Waals surface area contributed by atoms with Crippen LogP contribution in [0.2, 0.25) is 0 Å². The molecule has 0 bridgehead atoms. The smallest absolute Gasteiger partial charge is 0.240 e. The largest absolute Gasteiger partial charge is 0.392 e. The summed E-state index contributed by atoms with van der Waals surface area (Å²) in [6.07, 6.45) is 2.32. The zero-order valence-corrected chi connectivity index (χ0v) is 12.5. The summed E-state index contributed by atoms with van der Waals surface area (Å²) in [6, 6.07) is 2.48. The highest BCUT2D eigenvalue weighted by molar-refractivity contribution is 7.89. The summed E-state index contributed by atoms with van der Waals surface area (Å²) in [5.41, 5.74) is 0.216. The first kappa shape index (κ1) is 15.4. The van der Waals surface area contributed by atoms with Gasteiger partial charge in [0.25, 0.3) is 0 Å². The summed E-state index contributed by atoms with van der Waals surface area (Å²) >= 11 is 0. The van der Waals surface area contributed by atoms with Crippen LogP contribution in [0.1, 0.15) is 30.9 Å². The van der Waals surface area contributed by atoms with Crippen molar-refractivity contribution in [1.29, 1.82) is 0 Å². The fourth-order valence-corrected chi connectivity index (χ4v) is 3.51. The number of hydrogen-bond acceptors (Lipinski definition) is 3. The molecule has 0 aliphatic heterocycles. The number of hydrogen-bond donors (Lipinski definition) is 2. The van der Waals surface area contributed by atoms with Gasteiger partial charge in [-0.3, -0.25) is 0 Å². The Balaban J connectivity index is 2.18. The number of nitrogens with one attached hydrogen (secondary N) is 1. The summed E-state index contributed by atoms with van der Waals surface area (Å²) < 4.78 is 40.6. The zero-order valence-electron chi connectivity index (χ0n) is 11.7. The molecular formula is C14H20FNO3S. The number of halogens is 1. The zero-order chi connectivity index (χ0) is 14.9. The molecular weight excluding hydrogens is 281 g/mol. The maximum absolute atomic E-state index is 13.6. The molecule has 112 valence electrons. The van der Waals surface area contributed by atoms with E-state index in [9.17, 15) is 12.8 Å². The molecule has 2 rings (SSSR count). The molecule has 0 amide bonds. The molecule has 1 fully saturated rings. The molecule has 1 aromatic carbocycles. The molecule has 1 aliphatic rings. The molecule has 2 N–H and O–H groups in total. The Morgan fingerprint density at radius 3 is 2.65 bits per heavy atom. The molecule has 20 heavy (non-hydrogen) atoms. The number of benzene rings is 1. The summed E-state index contributed by atoms with van der Waals surface area (Å²) in [5.74, 6) is 0.363. The van der Waals surface area contributed by atoms with Gasteiger partial charge < -0.3 is 5.11 Å². The fourth-order valence-electron chi connectivity index (χ4n) is 2.23. The van der Waals surface area contributed by atoms with Crippen LogP contribution in [0.4, 0.5) is 4.39 Å². The fraction of sp³-hybridized carbons (Fsp3) is 0.571. The van der Waals surface area contributed by atoms with E-state index >= 15 is 0 Å². The van der Waals surface area contributed by atoms with Crippen molar-refractivity contribution >= 4 is 10.0 Å². The SMILES string of the molecule is Cc1cc(S(=O)(=O)NCC(C)C2CC2)cc(CO)c1F. The molecule has 0 aromatic heterocycles. The quantitative estimate of drug-likeness (QED) is 0.844. The van der Waals surface area contributed by atoms with E-state index in [0.29, 0.717) is 18.4 Å². The number of aliphatic hydroxyl groups excluding tert-OH is 1. The van der Waals surface area contributed by atoms with E-state index < -0.39 is 22.4 Å². The van der Waals surface area contributed by atoms with Crippen molar-refractivity contribution in [1.82, 2.24) is 4.72 Å². The van der Waals surface area contributed by atoms with Gasteiger partial charge in [-0.1, -0.05) is 6.92 Å². The van der Waals surface area contributed by atoms with Crippen molar-refractivity contribution in [3.8, 4) is 0 Å². The monoisotopic (exact) mass is 301 g/mol. The van der Waals surface area contributed by atoms with Crippen molar-refractivity contribution in [2.24, 2.45) is 11.8 Å². The van der Waals surface area contributed by atoms with E-state index in [-0.39, 0.29) is 16.0 Å². The van der Waals surface area contributed by atoms with Crippen LogP contribution < -0.4 is 4.72 Å². The van der Waals surface area contributed by atoms with Crippen LogP contribution in [-0.2, 0) is 16.6 Å². The molecule has 4 nitrogen and oxygen atoms in total. The van der Waals surface area contributed by atoms with Crippen molar-refractivity contribution in [3.63, 3.8) is 0 Å². The Labute approximate surface area is 119 Å². The summed E-state index contributed by atoms with van der Waals surface area (Å²) in [5, 5.41) is 9.08. The standard InChI is InChI=1S/C14H20FNO3S/c1-9-5-13(6-12(8-17)14(9)15)20(18,19)16-7-10(2)11-3-4-11/h5-6,10-11,16-17H,3-4,7-8H2,1-2H3. The normalized spacial score (nSPS) is 17.2. The van der Waals surface area contributed by atoms with E-state index in [4.69, 9.17) is 5.11 Å². The highest BCUT2D eigenvalue weighted by atomic mass is 32.2. The van der Waals surface area contributed by atoms with E-state index in [0.717, 1.165) is 12.8 Å². The van der Waals surface area contributed by atoms with Gasteiger partial charge >= 0.3 is 0 Å². The van der Waals surface area contributed by atoms with Crippen LogP contribution in [0.15, 0.2) is 17.0 Å². The maximum atomic E-state index is 13.6. The highest BCUT2D eigenvalue weighted by Gasteiger charge is 2.29. The number of aliphatic hydroxyl groups is 1. The van der Waals surface area contributed by atoms with Crippen LogP contribution in [0, 0.1) is 24.6 Å². The molecule has 1 aromatic rings. The first-order chi connectivity index (χ1) is 9.35. The third kappa shape index (κ3) is 3.37. The Bertz CT molecular complexity index is 597. The number of rotatable bonds is 6. The van der Waals surface area contributed by atoms with Crippen LogP contribution in [0.5, 0.6) is 0 Å². The summed E-state index contributed by atoms with van der Waals surface area (Å²) in [4.78, 5) is 0.00319. The predicted molar refractivity (Wildman–Crippen MR) is 74.1 cm³/mol. The van der Waals surface area contributed by atoms with Crippen LogP contribution in [0.25, 0.3) is 0 Å². The molecule has 1 unspecified atom stereocenters. The first-order valence-electron chi connectivity index (χ1n) is 6.74. The van der Waals surface area contributed by atoms with Gasteiger partial charge in [-0.15, -0.1) is 0 Å². The molecule has 1 saturated carbocycles. The first-order valence-corrected chi connectivity index (χ1v) is 8.23. The van der Waals surface area contributed by atoms with Crippen LogP contribution in [0.3, 0.4) is 0 Å². The van der Waals surface area contributed by atoms with Crippen LogP contribution >= 0.6 is 0 Å². The Hall–Kier alpha value is -0.980. The lowest BCUT2D eigenvalue weighted by Gasteiger charge is -2.13. The van der Waals surface area contributed by atoms with Crippen molar-refractivity contribution in [2.75, 3.05) is 6.54 Å². The van der Waals surface area contributed by atoms with E-state index in [1.54, 1.807) is 0 Å². The Kier molecular flexibility index (Phi) is 4.46.